The molecule has 0 aliphatic carbocycles. The average molecular weight is 319 g/mol. The van der Waals surface area contributed by atoms with Crippen molar-refractivity contribution in [2.75, 3.05) is 7.11 Å². The van der Waals surface area contributed by atoms with Gasteiger partial charge in [0.2, 0.25) is 0 Å². The smallest absolute Gasteiger partial charge is 0.146 e. The molecule has 96 valence electrons. The summed E-state index contributed by atoms with van der Waals surface area (Å²) in [5.74, 6) is 1.79. The van der Waals surface area contributed by atoms with Gasteiger partial charge in [0, 0.05) is 17.8 Å². The summed E-state index contributed by atoms with van der Waals surface area (Å²) in [6, 6.07) is 11.0. The van der Waals surface area contributed by atoms with Crippen molar-refractivity contribution < 1.29 is 9.84 Å². The molecule has 2 aromatic heterocycles. The van der Waals surface area contributed by atoms with E-state index >= 15 is 0 Å². The van der Waals surface area contributed by atoms with Crippen LogP contribution >= 0.6 is 15.9 Å². The molecule has 3 aromatic rings. The number of ether oxygens (including phenoxy) is 1. The highest BCUT2D eigenvalue weighted by molar-refractivity contribution is 9.10. The first-order valence-electron chi connectivity index (χ1n) is 5.70. The second-order valence-electron chi connectivity index (χ2n) is 4.10. The summed E-state index contributed by atoms with van der Waals surface area (Å²) >= 11 is 3.41. The standard InChI is InChI=1S/C14H11BrN2O2/c1-19-11-4-2-3-9(7-11)14-16-13(15)12-8-10(18)5-6-17(12)14/h2-8,18H,1H3. The van der Waals surface area contributed by atoms with Crippen molar-refractivity contribution in [3.63, 3.8) is 0 Å². The minimum Gasteiger partial charge on any atom is -0.508 e. The van der Waals surface area contributed by atoms with E-state index in [1.807, 2.05) is 28.7 Å². The van der Waals surface area contributed by atoms with Crippen LogP contribution in [0.5, 0.6) is 11.5 Å². The largest absolute Gasteiger partial charge is 0.508 e. The zero-order valence-electron chi connectivity index (χ0n) is 10.2. The quantitative estimate of drug-likeness (QED) is 0.787. The van der Waals surface area contributed by atoms with E-state index in [1.165, 1.54) is 0 Å². The number of halogens is 1. The number of rotatable bonds is 2. The van der Waals surface area contributed by atoms with E-state index in [0.29, 0.717) is 4.60 Å². The number of imidazole rings is 1. The third kappa shape index (κ3) is 2.06. The van der Waals surface area contributed by atoms with Crippen LogP contribution in [0.15, 0.2) is 47.2 Å². The van der Waals surface area contributed by atoms with E-state index in [2.05, 4.69) is 20.9 Å². The number of methoxy groups -OCH3 is 1. The van der Waals surface area contributed by atoms with Gasteiger partial charge < -0.3 is 9.84 Å². The maximum atomic E-state index is 9.53. The predicted molar refractivity (Wildman–Crippen MR) is 76.5 cm³/mol. The Hall–Kier alpha value is -2.01. The molecule has 0 fully saturated rings. The summed E-state index contributed by atoms with van der Waals surface area (Å²) in [6.45, 7) is 0. The third-order valence-electron chi connectivity index (χ3n) is 2.91. The molecule has 0 radical (unpaired) electrons. The van der Waals surface area contributed by atoms with E-state index in [0.717, 1.165) is 22.7 Å². The van der Waals surface area contributed by atoms with Gasteiger partial charge in [0.05, 0.1) is 12.6 Å². The van der Waals surface area contributed by atoms with Crippen molar-refractivity contribution in [2.45, 2.75) is 0 Å². The fourth-order valence-corrected chi connectivity index (χ4v) is 2.48. The lowest BCUT2D eigenvalue weighted by atomic mass is 10.2. The van der Waals surface area contributed by atoms with E-state index in [-0.39, 0.29) is 5.75 Å². The van der Waals surface area contributed by atoms with E-state index < -0.39 is 0 Å². The molecule has 0 unspecified atom stereocenters. The number of hydrogen-bond acceptors (Lipinski definition) is 3. The van der Waals surface area contributed by atoms with Gasteiger partial charge in [0.15, 0.2) is 0 Å². The lowest BCUT2D eigenvalue weighted by Gasteiger charge is -2.04. The van der Waals surface area contributed by atoms with Crippen molar-refractivity contribution in [1.29, 1.82) is 0 Å². The zero-order chi connectivity index (χ0) is 13.4. The van der Waals surface area contributed by atoms with E-state index in [1.54, 1.807) is 25.4 Å². The van der Waals surface area contributed by atoms with Crippen molar-refractivity contribution in [3.8, 4) is 22.9 Å². The molecule has 0 saturated heterocycles. The second-order valence-corrected chi connectivity index (χ2v) is 4.85. The summed E-state index contributed by atoms with van der Waals surface area (Å²) in [7, 11) is 1.64. The molecule has 19 heavy (non-hydrogen) atoms. The number of aromatic nitrogens is 2. The van der Waals surface area contributed by atoms with Gasteiger partial charge in [0.25, 0.3) is 0 Å². The fourth-order valence-electron chi connectivity index (χ4n) is 2.00. The van der Waals surface area contributed by atoms with Crippen LogP contribution in [0, 0.1) is 0 Å². The molecule has 3 rings (SSSR count). The molecule has 0 bridgehead atoms. The molecule has 0 saturated carbocycles. The molecule has 0 aliphatic rings. The van der Waals surface area contributed by atoms with Crippen LogP contribution in [0.3, 0.4) is 0 Å². The zero-order valence-corrected chi connectivity index (χ0v) is 11.8. The van der Waals surface area contributed by atoms with Gasteiger partial charge in [-0.3, -0.25) is 4.40 Å². The highest BCUT2D eigenvalue weighted by atomic mass is 79.9. The van der Waals surface area contributed by atoms with E-state index in [9.17, 15) is 5.11 Å². The van der Waals surface area contributed by atoms with Gasteiger partial charge in [0.1, 0.15) is 21.9 Å². The normalized spacial score (nSPS) is 10.8. The number of hydrogen-bond donors (Lipinski definition) is 1. The van der Waals surface area contributed by atoms with Gasteiger partial charge in [-0.25, -0.2) is 4.98 Å². The maximum absolute atomic E-state index is 9.53. The molecule has 1 aromatic carbocycles. The number of nitrogens with zero attached hydrogens (tertiary/aromatic N) is 2. The first-order chi connectivity index (χ1) is 9.19. The molecule has 0 amide bonds. The van der Waals surface area contributed by atoms with Crippen LogP contribution in [-0.2, 0) is 0 Å². The van der Waals surface area contributed by atoms with E-state index in [4.69, 9.17) is 4.74 Å². The topological polar surface area (TPSA) is 46.8 Å². The highest BCUT2D eigenvalue weighted by Crippen LogP contribution is 2.29. The van der Waals surface area contributed by atoms with Gasteiger partial charge in [-0.05, 0) is 34.1 Å². The van der Waals surface area contributed by atoms with Crippen molar-refractivity contribution in [1.82, 2.24) is 9.38 Å². The van der Waals surface area contributed by atoms with Crippen molar-refractivity contribution in [2.24, 2.45) is 0 Å². The third-order valence-corrected chi connectivity index (χ3v) is 3.49. The van der Waals surface area contributed by atoms with Crippen LogP contribution in [0.4, 0.5) is 0 Å². The van der Waals surface area contributed by atoms with Crippen LogP contribution in [0.1, 0.15) is 0 Å². The summed E-state index contributed by atoms with van der Waals surface area (Å²) in [4.78, 5) is 4.49. The minimum absolute atomic E-state index is 0.213. The Morgan fingerprint density at radius 2 is 2.11 bits per heavy atom. The van der Waals surface area contributed by atoms with Gasteiger partial charge >= 0.3 is 0 Å². The van der Waals surface area contributed by atoms with Gasteiger partial charge in [-0.2, -0.15) is 0 Å². The Kier molecular flexibility index (Phi) is 2.91. The Morgan fingerprint density at radius 3 is 2.89 bits per heavy atom. The Balaban J connectivity index is 2.25. The summed E-state index contributed by atoms with van der Waals surface area (Å²) < 4.78 is 7.84. The number of pyridine rings is 1. The maximum Gasteiger partial charge on any atom is 0.146 e. The first-order valence-corrected chi connectivity index (χ1v) is 6.49. The van der Waals surface area contributed by atoms with Gasteiger partial charge in [-0.15, -0.1) is 0 Å². The monoisotopic (exact) mass is 318 g/mol. The molecule has 5 heteroatoms. The van der Waals surface area contributed by atoms with Crippen LogP contribution < -0.4 is 4.74 Å². The van der Waals surface area contributed by atoms with Crippen LogP contribution in [-0.4, -0.2) is 21.6 Å². The SMILES string of the molecule is COc1cccc(-c2nc(Br)c3cc(O)ccn23)c1. The summed E-state index contributed by atoms with van der Waals surface area (Å²) in [5, 5.41) is 9.53. The summed E-state index contributed by atoms with van der Waals surface area (Å²) in [5.41, 5.74) is 1.77. The van der Waals surface area contributed by atoms with Gasteiger partial charge in [-0.1, -0.05) is 12.1 Å². The molecule has 0 spiro atoms. The fraction of sp³-hybridized carbons (Fsp3) is 0.0714. The number of benzene rings is 1. The number of fused-ring (bicyclic) bond motifs is 1. The average Bonchev–Trinajstić information content (AvgIpc) is 2.76. The molecule has 1 N–H and O–H groups in total. The first kappa shape index (κ1) is 12.0. The second kappa shape index (κ2) is 4.59. The molecule has 4 nitrogen and oxygen atoms in total. The minimum atomic E-state index is 0.213. The Morgan fingerprint density at radius 1 is 1.26 bits per heavy atom. The van der Waals surface area contributed by atoms with Crippen molar-refractivity contribution in [3.05, 3.63) is 47.2 Å². The highest BCUT2D eigenvalue weighted by Gasteiger charge is 2.11. The lowest BCUT2D eigenvalue weighted by molar-refractivity contribution is 0.415. The van der Waals surface area contributed by atoms with Crippen LogP contribution in [0.25, 0.3) is 16.9 Å². The predicted octanol–water partition coefficient (Wildman–Crippen LogP) is 3.48. The molecule has 0 aliphatic heterocycles. The molecule has 0 atom stereocenters. The summed E-state index contributed by atoms with van der Waals surface area (Å²) in [6.07, 6.45) is 1.79. The van der Waals surface area contributed by atoms with Crippen LogP contribution in [0.2, 0.25) is 0 Å². The molecule has 2 heterocycles. The molecular formula is C14H11BrN2O2. The van der Waals surface area contributed by atoms with Crippen molar-refractivity contribution >= 4 is 21.4 Å². The molecular weight excluding hydrogens is 308 g/mol. The Bertz CT molecular complexity index is 752. The lowest BCUT2D eigenvalue weighted by Crippen LogP contribution is -1.90. The Labute approximate surface area is 118 Å². The number of aromatic hydroxyl groups is 1.